The number of sulfone groups is 1. The average molecular weight is 290 g/mol. The predicted molar refractivity (Wildman–Crippen MR) is 71.9 cm³/mol. The molecule has 1 atom stereocenters. The van der Waals surface area contributed by atoms with Crippen LogP contribution in [0, 0.1) is 0 Å². The summed E-state index contributed by atoms with van der Waals surface area (Å²) in [6.45, 7) is 3.12. The van der Waals surface area contributed by atoms with Crippen LogP contribution in [0.4, 0.5) is 0 Å². The van der Waals surface area contributed by atoms with Crippen LogP contribution in [0.3, 0.4) is 0 Å². The molecule has 1 saturated heterocycles. The van der Waals surface area contributed by atoms with Gasteiger partial charge in [-0.3, -0.25) is 15.0 Å². The fourth-order valence-corrected chi connectivity index (χ4v) is 3.76. The van der Waals surface area contributed by atoms with Crippen LogP contribution in [0.15, 0.2) is 0 Å². The van der Waals surface area contributed by atoms with Crippen molar-refractivity contribution in [1.29, 1.82) is 0 Å². The molecule has 0 aromatic carbocycles. The van der Waals surface area contributed by atoms with Crippen LogP contribution in [0.2, 0.25) is 0 Å². The Morgan fingerprint density at radius 3 is 2.63 bits per heavy atom. The first-order valence-electron chi connectivity index (χ1n) is 6.75. The molecule has 19 heavy (non-hydrogen) atoms. The second-order valence-electron chi connectivity index (χ2n) is 5.84. The molecule has 2 N–H and O–H groups in total. The van der Waals surface area contributed by atoms with E-state index >= 15 is 0 Å². The number of nitrogens with one attached hydrogen (secondary N) is 1. The second-order valence-corrected chi connectivity index (χ2v) is 8.14. The van der Waals surface area contributed by atoms with Crippen molar-refractivity contribution in [1.82, 2.24) is 10.2 Å². The van der Waals surface area contributed by atoms with Crippen molar-refractivity contribution < 1.29 is 18.3 Å². The molecule has 0 spiro atoms. The lowest BCUT2D eigenvalue weighted by atomic mass is 10.0. The fraction of sp³-hybridized carbons (Fsp3) is 0.917. The zero-order valence-corrected chi connectivity index (χ0v) is 12.1. The Labute approximate surface area is 114 Å². The highest BCUT2D eigenvalue weighted by molar-refractivity contribution is 7.91. The van der Waals surface area contributed by atoms with Gasteiger partial charge in [-0.25, -0.2) is 8.42 Å². The number of carboxylic acid groups (broad SMARTS) is 1. The first kappa shape index (κ1) is 14.7. The molecule has 1 aliphatic carbocycles. The molecule has 2 rings (SSSR count). The van der Waals surface area contributed by atoms with Crippen molar-refractivity contribution in [2.24, 2.45) is 0 Å². The van der Waals surface area contributed by atoms with Gasteiger partial charge in [0, 0.05) is 19.1 Å². The molecule has 2 fully saturated rings. The van der Waals surface area contributed by atoms with Crippen LogP contribution in [0.5, 0.6) is 0 Å². The summed E-state index contributed by atoms with van der Waals surface area (Å²) in [5.74, 6) is -0.526. The minimum absolute atomic E-state index is 0.131. The third kappa shape index (κ3) is 4.15. The van der Waals surface area contributed by atoms with Gasteiger partial charge in [0.15, 0.2) is 9.84 Å². The van der Waals surface area contributed by atoms with Gasteiger partial charge < -0.3 is 5.11 Å². The molecule has 1 aliphatic heterocycles. The minimum atomic E-state index is -2.95. The van der Waals surface area contributed by atoms with E-state index in [1.807, 2.05) is 4.90 Å². The van der Waals surface area contributed by atoms with Gasteiger partial charge in [-0.15, -0.1) is 0 Å². The van der Waals surface area contributed by atoms with Crippen LogP contribution in [0.1, 0.15) is 26.2 Å². The summed E-state index contributed by atoms with van der Waals surface area (Å²) in [4.78, 5) is 13.4. The monoisotopic (exact) mass is 290 g/mol. The Morgan fingerprint density at radius 2 is 2.05 bits per heavy atom. The van der Waals surface area contributed by atoms with Crippen LogP contribution in [0.25, 0.3) is 0 Å². The third-order valence-electron chi connectivity index (χ3n) is 3.76. The zero-order chi connectivity index (χ0) is 14.1. The molecule has 0 radical (unpaired) electrons. The van der Waals surface area contributed by atoms with Crippen molar-refractivity contribution >= 4 is 15.8 Å². The van der Waals surface area contributed by atoms with Gasteiger partial charge in [0.2, 0.25) is 0 Å². The van der Waals surface area contributed by atoms with E-state index in [1.165, 1.54) is 0 Å². The Bertz CT molecular complexity index is 447. The van der Waals surface area contributed by atoms with E-state index in [4.69, 9.17) is 0 Å². The summed E-state index contributed by atoms with van der Waals surface area (Å²) in [6.07, 6.45) is 2.63. The summed E-state index contributed by atoms with van der Waals surface area (Å²) in [7, 11) is -2.95. The lowest BCUT2D eigenvalue weighted by Gasteiger charge is -2.32. The van der Waals surface area contributed by atoms with Crippen LogP contribution in [-0.4, -0.2) is 67.1 Å². The SMILES string of the molecule is CC(CN1CCCS(=O)(=O)CC1)(NC1CC1)C(=O)O. The Morgan fingerprint density at radius 1 is 1.37 bits per heavy atom. The Balaban J connectivity index is 1.98. The molecule has 1 heterocycles. The summed E-state index contributed by atoms with van der Waals surface area (Å²) < 4.78 is 23.1. The Kier molecular flexibility index (Phi) is 4.17. The van der Waals surface area contributed by atoms with Crippen LogP contribution in [-0.2, 0) is 14.6 Å². The third-order valence-corrected chi connectivity index (χ3v) is 5.48. The van der Waals surface area contributed by atoms with Crippen molar-refractivity contribution in [2.45, 2.75) is 37.8 Å². The number of carbonyl (C=O) groups is 1. The summed E-state index contributed by atoms with van der Waals surface area (Å²) in [5, 5.41) is 12.6. The van der Waals surface area contributed by atoms with E-state index in [-0.39, 0.29) is 11.5 Å². The van der Waals surface area contributed by atoms with Crippen molar-refractivity contribution in [2.75, 3.05) is 31.1 Å². The lowest BCUT2D eigenvalue weighted by molar-refractivity contribution is -0.145. The molecule has 1 saturated carbocycles. The summed E-state index contributed by atoms with van der Waals surface area (Å²) in [6, 6.07) is 0.303. The number of rotatable bonds is 5. The smallest absolute Gasteiger partial charge is 0.324 e. The van der Waals surface area contributed by atoms with Crippen molar-refractivity contribution in [3.63, 3.8) is 0 Å². The lowest BCUT2D eigenvalue weighted by Crippen LogP contribution is -2.58. The van der Waals surface area contributed by atoms with E-state index < -0.39 is 21.3 Å². The van der Waals surface area contributed by atoms with Gasteiger partial charge in [0.25, 0.3) is 0 Å². The Hall–Kier alpha value is -0.660. The first-order valence-corrected chi connectivity index (χ1v) is 8.57. The molecule has 110 valence electrons. The van der Waals surface area contributed by atoms with E-state index in [2.05, 4.69) is 5.32 Å². The standard InChI is InChI=1S/C12H22N2O4S/c1-12(11(15)16,13-10-3-4-10)9-14-5-2-7-19(17,18)8-6-14/h10,13H,2-9H2,1H3,(H,15,16). The number of hydrogen-bond donors (Lipinski definition) is 2. The van der Waals surface area contributed by atoms with Gasteiger partial charge in [-0.2, -0.15) is 0 Å². The van der Waals surface area contributed by atoms with E-state index in [9.17, 15) is 18.3 Å². The zero-order valence-electron chi connectivity index (χ0n) is 11.3. The summed E-state index contributed by atoms with van der Waals surface area (Å²) in [5.41, 5.74) is -0.991. The number of nitrogens with zero attached hydrogens (tertiary/aromatic N) is 1. The molecule has 0 bridgehead atoms. The highest BCUT2D eigenvalue weighted by Gasteiger charge is 2.40. The molecule has 0 amide bonds. The van der Waals surface area contributed by atoms with Crippen molar-refractivity contribution in [3.05, 3.63) is 0 Å². The van der Waals surface area contributed by atoms with Gasteiger partial charge in [0.05, 0.1) is 11.5 Å². The maximum absolute atomic E-state index is 11.5. The summed E-state index contributed by atoms with van der Waals surface area (Å²) >= 11 is 0. The number of aliphatic carboxylic acids is 1. The molecule has 0 aromatic heterocycles. The van der Waals surface area contributed by atoms with Gasteiger partial charge in [-0.05, 0) is 32.7 Å². The topological polar surface area (TPSA) is 86.7 Å². The minimum Gasteiger partial charge on any atom is -0.480 e. The predicted octanol–water partition coefficient (Wildman–Crippen LogP) is -0.298. The van der Waals surface area contributed by atoms with Crippen LogP contribution < -0.4 is 5.32 Å². The molecule has 1 unspecified atom stereocenters. The highest BCUT2D eigenvalue weighted by Crippen LogP contribution is 2.23. The molecule has 6 nitrogen and oxygen atoms in total. The normalized spacial score (nSPS) is 27.4. The molecule has 0 aromatic rings. The highest BCUT2D eigenvalue weighted by atomic mass is 32.2. The fourth-order valence-electron chi connectivity index (χ4n) is 2.45. The van der Waals surface area contributed by atoms with E-state index in [0.29, 0.717) is 32.1 Å². The molecule has 7 heteroatoms. The van der Waals surface area contributed by atoms with E-state index in [0.717, 1.165) is 12.8 Å². The van der Waals surface area contributed by atoms with E-state index in [1.54, 1.807) is 6.92 Å². The largest absolute Gasteiger partial charge is 0.480 e. The second kappa shape index (κ2) is 5.38. The quantitative estimate of drug-likeness (QED) is 0.723. The van der Waals surface area contributed by atoms with Crippen molar-refractivity contribution in [3.8, 4) is 0 Å². The van der Waals surface area contributed by atoms with Gasteiger partial charge >= 0.3 is 5.97 Å². The van der Waals surface area contributed by atoms with Crippen LogP contribution >= 0.6 is 0 Å². The van der Waals surface area contributed by atoms with Gasteiger partial charge in [-0.1, -0.05) is 0 Å². The molecule has 2 aliphatic rings. The van der Waals surface area contributed by atoms with Gasteiger partial charge in [0.1, 0.15) is 5.54 Å². The number of hydrogen-bond acceptors (Lipinski definition) is 5. The number of carboxylic acids is 1. The maximum atomic E-state index is 11.5. The first-order chi connectivity index (χ1) is 8.81. The average Bonchev–Trinajstić information content (AvgIpc) is 3.09. The molecular formula is C12H22N2O4S. The molecular weight excluding hydrogens is 268 g/mol. The maximum Gasteiger partial charge on any atom is 0.324 e.